The Balaban J connectivity index is 1.59. The summed E-state index contributed by atoms with van der Waals surface area (Å²) in [7, 11) is 0. The number of carbonyl (C=O) groups excluding carboxylic acids is 1. The molecule has 0 radical (unpaired) electrons. The highest BCUT2D eigenvalue weighted by Gasteiger charge is 2.70. The number of carbonyl (C=O) groups is 1. The molecule has 174 valence electrons. The van der Waals surface area contributed by atoms with Crippen molar-refractivity contribution in [2.45, 2.75) is 113 Å². The van der Waals surface area contributed by atoms with Crippen LogP contribution >= 0.6 is 0 Å². The van der Waals surface area contributed by atoms with Gasteiger partial charge in [0.1, 0.15) is 5.78 Å². The molecule has 0 aromatic heterocycles. The van der Waals surface area contributed by atoms with E-state index in [1.807, 2.05) is 0 Å². The van der Waals surface area contributed by atoms with E-state index in [1.54, 1.807) is 0 Å². The quantitative estimate of drug-likeness (QED) is 0.358. The van der Waals surface area contributed by atoms with Gasteiger partial charge in [-0.05, 0) is 103 Å². The molecule has 0 amide bonds. The lowest BCUT2D eigenvalue weighted by Crippen LogP contribution is -2.67. The Bertz CT molecular complexity index is 820. The lowest BCUT2D eigenvalue weighted by molar-refractivity contribution is -0.234. The maximum atomic E-state index is 13.9. The highest BCUT2D eigenvalue weighted by atomic mass is 16.1. The maximum Gasteiger partial charge on any atom is 0.139 e. The average Bonchev–Trinajstić information content (AvgIpc) is 2.66. The number of Topliss-reactive ketones (excluding diaryl/α,β-unsaturated/α-hetero) is 1. The molecule has 0 heterocycles. The molecule has 5 rings (SSSR count). The van der Waals surface area contributed by atoms with E-state index in [0.29, 0.717) is 39.8 Å². The Kier molecular flexibility index (Phi) is 4.66. The van der Waals surface area contributed by atoms with Crippen LogP contribution in [0.2, 0.25) is 0 Å². The van der Waals surface area contributed by atoms with E-state index in [9.17, 15) is 4.79 Å². The SMILES string of the molecule is CC1=CC[C@]2(C)C(=O)C[C@]3(C)[C@H](CC[C@@H]4[C@@]5(C)CCCC(C)(C)[C@@H]5CC[C@]43C)[C@H]2[C@@H]1C. The number of hydrogen-bond acceptors (Lipinski definition) is 1. The Morgan fingerprint density at radius 1 is 0.871 bits per heavy atom. The third-order valence-corrected chi connectivity index (χ3v) is 13.1. The summed E-state index contributed by atoms with van der Waals surface area (Å²) in [5.74, 6) is 4.02. The van der Waals surface area contributed by atoms with Crippen LogP contribution in [0, 0.1) is 56.7 Å². The van der Waals surface area contributed by atoms with E-state index in [0.717, 1.165) is 24.7 Å². The highest BCUT2D eigenvalue weighted by molar-refractivity contribution is 5.87. The molecule has 0 unspecified atom stereocenters. The predicted octanol–water partition coefficient (Wildman–Crippen LogP) is 8.23. The van der Waals surface area contributed by atoms with Crippen LogP contribution in [0.4, 0.5) is 0 Å². The molecule has 5 aliphatic carbocycles. The topological polar surface area (TPSA) is 17.1 Å². The van der Waals surface area contributed by atoms with Gasteiger partial charge >= 0.3 is 0 Å². The van der Waals surface area contributed by atoms with Crippen molar-refractivity contribution in [2.75, 3.05) is 0 Å². The van der Waals surface area contributed by atoms with Gasteiger partial charge in [0, 0.05) is 11.8 Å². The highest BCUT2D eigenvalue weighted by Crippen LogP contribution is 2.76. The molecule has 1 heteroatoms. The molecular formula is C30H48O. The average molecular weight is 425 g/mol. The predicted molar refractivity (Wildman–Crippen MR) is 130 cm³/mol. The Morgan fingerprint density at radius 2 is 1.58 bits per heavy atom. The van der Waals surface area contributed by atoms with Gasteiger partial charge in [0.05, 0.1) is 0 Å². The summed E-state index contributed by atoms with van der Waals surface area (Å²) < 4.78 is 0. The molecule has 0 saturated heterocycles. The van der Waals surface area contributed by atoms with Crippen LogP contribution in [0.1, 0.15) is 113 Å². The summed E-state index contributed by atoms with van der Waals surface area (Å²) in [5, 5.41) is 0. The third-order valence-electron chi connectivity index (χ3n) is 13.1. The normalized spacial score (nSPS) is 55.9. The molecule has 0 aliphatic heterocycles. The standard InChI is InChI=1S/C30H48O/c1-19-12-16-28(6)24(31)18-30(8)21(25(28)20(19)2)10-11-23-27(5)15-9-14-26(3,4)22(27)13-17-29(23,30)7/h12,20-23,25H,9-11,13-18H2,1-8H3/t20-,21-,22+,23-,25-,27+,28-,29-,30-/m1/s1. The molecule has 9 atom stereocenters. The van der Waals surface area contributed by atoms with Crippen molar-refractivity contribution in [1.29, 1.82) is 0 Å². The van der Waals surface area contributed by atoms with E-state index in [1.165, 1.54) is 50.5 Å². The Morgan fingerprint density at radius 3 is 2.29 bits per heavy atom. The minimum atomic E-state index is -0.125. The van der Waals surface area contributed by atoms with Crippen LogP contribution < -0.4 is 0 Å². The van der Waals surface area contributed by atoms with Crippen molar-refractivity contribution in [2.24, 2.45) is 56.7 Å². The number of fused-ring (bicyclic) bond motifs is 7. The number of hydrogen-bond donors (Lipinski definition) is 0. The van der Waals surface area contributed by atoms with Crippen molar-refractivity contribution in [3.8, 4) is 0 Å². The van der Waals surface area contributed by atoms with E-state index in [2.05, 4.69) is 61.5 Å². The van der Waals surface area contributed by atoms with Crippen molar-refractivity contribution >= 4 is 5.78 Å². The zero-order valence-electron chi connectivity index (χ0n) is 21.7. The van der Waals surface area contributed by atoms with Crippen molar-refractivity contribution in [3.63, 3.8) is 0 Å². The number of allylic oxidation sites excluding steroid dienone is 2. The summed E-state index contributed by atoms with van der Waals surface area (Å²) in [6.45, 7) is 20.1. The third kappa shape index (κ3) is 2.59. The molecule has 0 spiro atoms. The molecule has 1 nitrogen and oxygen atoms in total. The molecule has 4 fully saturated rings. The molecule has 0 N–H and O–H groups in total. The van der Waals surface area contributed by atoms with Crippen LogP contribution in [0.15, 0.2) is 11.6 Å². The minimum absolute atomic E-state index is 0.125. The van der Waals surface area contributed by atoms with Gasteiger partial charge in [0.2, 0.25) is 0 Å². The second-order valence-electron chi connectivity index (χ2n) is 14.5. The maximum absolute atomic E-state index is 13.9. The summed E-state index contributed by atoms with van der Waals surface area (Å²) in [6.07, 6.45) is 13.9. The van der Waals surface area contributed by atoms with Gasteiger partial charge < -0.3 is 0 Å². The van der Waals surface area contributed by atoms with Crippen LogP contribution in [-0.4, -0.2) is 5.78 Å². The molecule has 0 aromatic carbocycles. The lowest BCUT2D eigenvalue weighted by atomic mass is 9.31. The van der Waals surface area contributed by atoms with Crippen LogP contribution in [0.5, 0.6) is 0 Å². The minimum Gasteiger partial charge on any atom is -0.299 e. The summed E-state index contributed by atoms with van der Waals surface area (Å²) >= 11 is 0. The second-order valence-corrected chi connectivity index (χ2v) is 14.5. The molecule has 5 aliphatic rings. The fourth-order valence-electron chi connectivity index (χ4n) is 11.1. The van der Waals surface area contributed by atoms with Gasteiger partial charge in [-0.3, -0.25) is 4.79 Å². The first-order chi connectivity index (χ1) is 14.3. The monoisotopic (exact) mass is 424 g/mol. The molecule has 0 bridgehead atoms. The zero-order valence-corrected chi connectivity index (χ0v) is 21.7. The van der Waals surface area contributed by atoms with E-state index < -0.39 is 0 Å². The zero-order chi connectivity index (χ0) is 22.6. The van der Waals surface area contributed by atoms with Crippen LogP contribution in [0.3, 0.4) is 0 Å². The first kappa shape index (κ1) is 22.2. The van der Waals surface area contributed by atoms with Gasteiger partial charge in [0.15, 0.2) is 0 Å². The summed E-state index contributed by atoms with van der Waals surface area (Å²) in [5.41, 5.74) is 2.82. The van der Waals surface area contributed by atoms with Crippen molar-refractivity contribution < 1.29 is 4.79 Å². The van der Waals surface area contributed by atoms with E-state index in [4.69, 9.17) is 0 Å². The first-order valence-electron chi connectivity index (χ1n) is 13.5. The van der Waals surface area contributed by atoms with Crippen LogP contribution in [-0.2, 0) is 4.79 Å². The van der Waals surface area contributed by atoms with Gasteiger partial charge in [0.25, 0.3) is 0 Å². The Labute approximate surface area is 192 Å². The van der Waals surface area contributed by atoms with Crippen molar-refractivity contribution in [1.82, 2.24) is 0 Å². The number of ketones is 1. The van der Waals surface area contributed by atoms with Gasteiger partial charge in [-0.1, -0.05) is 66.5 Å². The summed E-state index contributed by atoms with van der Waals surface area (Å²) in [6, 6.07) is 0. The Hall–Kier alpha value is -0.590. The molecular weight excluding hydrogens is 376 g/mol. The van der Waals surface area contributed by atoms with E-state index in [-0.39, 0.29) is 10.8 Å². The molecule has 0 aromatic rings. The lowest BCUT2D eigenvalue weighted by Gasteiger charge is -2.73. The summed E-state index contributed by atoms with van der Waals surface area (Å²) in [4.78, 5) is 13.9. The largest absolute Gasteiger partial charge is 0.299 e. The number of rotatable bonds is 0. The fourth-order valence-corrected chi connectivity index (χ4v) is 11.1. The van der Waals surface area contributed by atoms with Gasteiger partial charge in [-0.25, -0.2) is 0 Å². The van der Waals surface area contributed by atoms with E-state index >= 15 is 0 Å². The smallest absolute Gasteiger partial charge is 0.139 e. The van der Waals surface area contributed by atoms with Crippen LogP contribution in [0.25, 0.3) is 0 Å². The fraction of sp³-hybridized carbons (Fsp3) is 0.900. The molecule has 31 heavy (non-hydrogen) atoms. The van der Waals surface area contributed by atoms with Gasteiger partial charge in [-0.2, -0.15) is 0 Å². The van der Waals surface area contributed by atoms with Crippen molar-refractivity contribution in [3.05, 3.63) is 11.6 Å². The second kappa shape index (κ2) is 6.50. The van der Waals surface area contributed by atoms with Gasteiger partial charge in [-0.15, -0.1) is 0 Å². The molecule has 4 saturated carbocycles. The first-order valence-corrected chi connectivity index (χ1v) is 13.5.